The van der Waals surface area contributed by atoms with Gasteiger partial charge < -0.3 is 5.32 Å². The third-order valence-corrected chi connectivity index (χ3v) is 3.12. The Morgan fingerprint density at radius 2 is 1.84 bits per heavy atom. The average Bonchev–Trinajstić information content (AvgIpc) is 2.41. The molecule has 2 rings (SSSR count). The standard InChI is InChI=1S/C16H21N3/c1-5-15-18-14(10-16(19-15)17-6-2)13-9-11(3)7-8-12(13)4/h7-10H,5-6H2,1-4H3,(H,17,18,19). The molecule has 19 heavy (non-hydrogen) atoms. The third-order valence-electron chi connectivity index (χ3n) is 3.12. The van der Waals surface area contributed by atoms with Gasteiger partial charge in [-0.25, -0.2) is 9.97 Å². The largest absolute Gasteiger partial charge is 0.370 e. The van der Waals surface area contributed by atoms with E-state index in [0.717, 1.165) is 30.3 Å². The lowest BCUT2D eigenvalue weighted by Gasteiger charge is -2.10. The van der Waals surface area contributed by atoms with E-state index < -0.39 is 0 Å². The number of nitrogens with one attached hydrogen (secondary N) is 1. The van der Waals surface area contributed by atoms with Crippen LogP contribution in [0, 0.1) is 13.8 Å². The highest BCUT2D eigenvalue weighted by atomic mass is 15.0. The first kappa shape index (κ1) is 13.5. The van der Waals surface area contributed by atoms with Gasteiger partial charge in [-0.3, -0.25) is 0 Å². The predicted molar refractivity (Wildman–Crippen MR) is 80.5 cm³/mol. The van der Waals surface area contributed by atoms with Crippen LogP contribution in [0.15, 0.2) is 24.3 Å². The van der Waals surface area contributed by atoms with Crippen molar-refractivity contribution >= 4 is 5.82 Å². The van der Waals surface area contributed by atoms with E-state index >= 15 is 0 Å². The minimum Gasteiger partial charge on any atom is -0.370 e. The Hall–Kier alpha value is -1.90. The van der Waals surface area contributed by atoms with E-state index in [1.54, 1.807) is 0 Å². The smallest absolute Gasteiger partial charge is 0.131 e. The van der Waals surface area contributed by atoms with Gasteiger partial charge in [0.2, 0.25) is 0 Å². The van der Waals surface area contributed by atoms with Gasteiger partial charge in [-0.05, 0) is 32.4 Å². The average molecular weight is 255 g/mol. The maximum absolute atomic E-state index is 4.66. The summed E-state index contributed by atoms with van der Waals surface area (Å²) in [4.78, 5) is 9.15. The molecule has 1 aromatic carbocycles. The molecule has 0 aliphatic rings. The Kier molecular flexibility index (Phi) is 4.15. The minimum absolute atomic E-state index is 0.844. The molecular formula is C16H21N3. The normalized spacial score (nSPS) is 10.5. The Balaban J connectivity index is 2.54. The molecule has 1 aromatic heterocycles. The van der Waals surface area contributed by atoms with E-state index in [4.69, 9.17) is 0 Å². The fraction of sp³-hybridized carbons (Fsp3) is 0.375. The summed E-state index contributed by atoms with van der Waals surface area (Å²) in [5.41, 5.74) is 4.69. The third kappa shape index (κ3) is 3.11. The number of aromatic nitrogens is 2. The molecule has 0 aliphatic carbocycles. The molecule has 0 saturated carbocycles. The molecule has 0 aliphatic heterocycles. The maximum Gasteiger partial charge on any atom is 0.131 e. The summed E-state index contributed by atoms with van der Waals surface area (Å²) in [5.74, 6) is 1.79. The molecule has 0 spiro atoms. The van der Waals surface area contributed by atoms with Gasteiger partial charge in [-0.2, -0.15) is 0 Å². The van der Waals surface area contributed by atoms with E-state index in [0.29, 0.717) is 0 Å². The minimum atomic E-state index is 0.844. The summed E-state index contributed by atoms with van der Waals surface area (Å²) in [6.07, 6.45) is 0.844. The van der Waals surface area contributed by atoms with E-state index in [1.807, 2.05) is 6.07 Å². The highest BCUT2D eigenvalue weighted by molar-refractivity contribution is 5.66. The van der Waals surface area contributed by atoms with Crippen molar-refractivity contribution in [3.8, 4) is 11.3 Å². The number of aryl methyl sites for hydroxylation is 3. The highest BCUT2D eigenvalue weighted by Crippen LogP contribution is 2.24. The number of anilines is 1. The van der Waals surface area contributed by atoms with Crippen molar-refractivity contribution in [1.82, 2.24) is 9.97 Å². The summed E-state index contributed by atoms with van der Waals surface area (Å²) < 4.78 is 0. The van der Waals surface area contributed by atoms with Gasteiger partial charge >= 0.3 is 0 Å². The van der Waals surface area contributed by atoms with Crippen LogP contribution < -0.4 is 5.32 Å². The molecule has 0 saturated heterocycles. The predicted octanol–water partition coefficient (Wildman–Crippen LogP) is 3.75. The monoisotopic (exact) mass is 255 g/mol. The zero-order valence-electron chi connectivity index (χ0n) is 12.1. The molecule has 0 radical (unpaired) electrons. The Labute approximate surface area is 115 Å². The molecule has 0 bridgehead atoms. The summed E-state index contributed by atoms with van der Waals surface area (Å²) in [6, 6.07) is 8.49. The first-order chi connectivity index (χ1) is 9.13. The molecule has 1 N–H and O–H groups in total. The van der Waals surface area contributed by atoms with Crippen LogP contribution in [0.3, 0.4) is 0 Å². The summed E-state index contributed by atoms with van der Waals surface area (Å²) >= 11 is 0. The van der Waals surface area contributed by atoms with Gasteiger partial charge in [-0.15, -0.1) is 0 Å². The van der Waals surface area contributed by atoms with Gasteiger partial charge in [0.15, 0.2) is 0 Å². The molecule has 0 amide bonds. The van der Waals surface area contributed by atoms with Crippen LogP contribution in [0.25, 0.3) is 11.3 Å². The van der Waals surface area contributed by atoms with Gasteiger partial charge in [0.05, 0.1) is 5.69 Å². The number of nitrogens with zero attached hydrogens (tertiary/aromatic N) is 2. The lowest BCUT2D eigenvalue weighted by atomic mass is 10.0. The van der Waals surface area contributed by atoms with Crippen molar-refractivity contribution < 1.29 is 0 Å². The van der Waals surface area contributed by atoms with Crippen LogP contribution in [0.4, 0.5) is 5.82 Å². The fourth-order valence-electron chi connectivity index (χ4n) is 2.08. The molecule has 2 aromatic rings. The lowest BCUT2D eigenvalue weighted by molar-refractivity contribution is 0.939. The molecule has 1 heterocycles. The molecule has 0 fully saturated rings. The zero-order chi connectivity index (χ0) is 13.8. The maximum atomic E-state index is 4.66. The second kappa shape index (κ2) is 5.83. The molecule has 0 atom stereocenters. The van der Waals surface area contributed by atoms with Crippen LogP contribution in [0.1, 0.15) is 30.8 Å². The van der Waals surface area contributed by atoms with Gasteiger partial charge in [-0.1, -0.05) is 24.6 Å². The van der Waals surface area contributed by atoms with Gasteiger partial charge in [0.1, 0.15) is 11.6 Å². The fourth-order valence-corrected chi connectivity index (χ4v) is 2.08. The molecule has 3 nitrogen and oxygen atoms in total. The van der Waals surface area contributed by atoms with E-state index in [2.05, 4.69) is 61.2 Å². The van der Waals surface area contributed by atoms with Crippen LogP contribution in [-0.2, 0) is 6.42 Å². The van der Waals surface area contributed by atoms with Gasteiger partial charge in [0.25, 0.3) is 0 Å². The Morgan fingerprint density at radius 1 is 1.05 bits per heavy atom. The van der Waals surface area contributed by atoms with Crippen LogP contribution in [0.2, 0.25) is 0 Å². The van der Waals surface area contributed by atoms with Crippen molar-refractivity contribution in [3.63, 3.8) is 0 Å². The van der Waals surface area contributed by atoms with E-state index in [-0.39, 0.29) is 0 Å². The number of hydrogen-bond acceptors (Lipinski definition) is 3. The van der Waals surface area contributed by atoms with Gasteiger partial charge in [0, 0.05) is 24.6 Å². The van der Waals surface area contributed by atoms with E-state index in [1.165, 1.54) is 16.7 Å². The molecule has 0 unspecified atom stereocenters. The SMILES string of the molecule is CCNc1cc(-c2cc(C)ccc2C)nc(CC)n1. The second-order valence-electron chi connectivity index (χ2n) is 4.76. The summed E-state index contributed by atoms with van der Waals surface area (Å²) in [6.45, 7) is 9.25. The topological polar surface area (TPSA) is 37.8 Å². The summed E-state index contributed by atoms with van der Waals surface area (Å²) in [5, 5.41) is 3.28. The summed E-state index contributed by atoms with van der Waals surface area (Å²) in [7, 11) is 0. The van der Waals surface area contributed by atoms with Crippen molar-refractivity contribution in [1.29, 1.82) is 0 Å². The molecule has 3 heteroatoms. The zero-order valence-corrected chi connectivity index (χ0v) is 12.1. The number of rotatable bonds is 4. The first-order valence-electron chi connectivity index (χ1n) is 6.83. The van der Waals surface area contributed by atoms with Crippen molar-refractivity contribution in [2.45, 2.75) is 34.1 Å². The van der Waals surface area contributed by atoms with Crippen LogP contribution in [0.5, 0.6) is 0 Å². The van der Waals surface area contributed by atoms with Crippen LogP contribution >= 0.6 is 0 Å². The molecule has 100 valence electrons. The molecular weight excluding hydrogens is 234 g/mol. The highest BCUT2D eigenvalue weighted by Gasteiger charge is 2.08. The lowest BCUT2D eigenvalue weighted by Crippen LogP contribution is -2.04. The second-order valence-corrected chi connectivity index (χ2v) is 4.76. The number of hydrogen-bond donors (Lipinski definition) is 1. The Morgan fingerprint density at radius 3 is 2.53 bits per heavy atom. The van der Waals surface area contributed by atoms with E-state index in [9.17, 15) is 0 Å². The Bertz CT molecular complexity index is 576. The number of benzene rings is 1. The van der Waals surface area contributed by atoms with Crippen LogP contribution in [-0.4, -0.2) is 16.5 Å². The van der Waals surface area contributed by atoms with Crippen molar-refractivity contribution in [2.24, 2.45) is 0 Å². The van der Waals surface area contributed by atoms with Crippen molar-refractivity contribution in [3.05, 3.63) is 41.2 Å². The van der Waals surface area contributed by atoms with Crippen molar-refractivity contribution in [2.75, 3.05) is 11.9 Å². The quantitative estimate of drug-likeness (QED) is 0.904. The first-order valence-corrected chi connectivity index (χ1v) is 6.83.